The predicted molar refractivity (Wildman–Crippen MR) is 81.3 cm³/mol. The van der Waals surface area contributed by atoms with Crippen molar-refractivity contribution in [2.45, 2.75) is 32.2 Å². The van der Waals surface area contributed by atoms with Gasteiger partial charge in [0.25, 0.3) is 0 Å². The maximum absolute atomic E-state index is 11.6. The molecule has 4 nitrogen and oxygen atoms in total. The molecule has 1 amide bonds. The number of hydrogen-bond acceptors (Lipinski definition) is 3. The van der Waals surface area contributed by atoms with Gasteiger partial charge >= 0.3 is 0 Å². The zero-order chi connectivity index (χ0) is 14.4. The molecule has 2 rings (SSSR count). The Bertz CT molecular complexity index is 427. The average molecular weight is 275 g/mol. The fourth-order valence-electron chi connectivity index (χ4n) is 3.14. The Balaban J connectivity index is 2.19. The van der Waals surface area contributed by atoms with E-state index < -0.39 is 0 Å². The van der Waals surface area contributed by atoms with Crippen molar-refractivity contribution in [3.63, 3.8) is 0 Å². The molecule has 20 heavy (non-hydrogen) atoms. The number of carbonyl (C=O) groups is 1. The van der Waals surface area contributed by atoms with E-state index in [0.717, 1.165) is 32.4 Å². The third-order valence-corrected chi connectivity index (χ3v) is 4.41. The van der Waals surface area contributed by atoms with Crippen LogP contribution >= 0.6 is 0 Å². The van der Waals surface area contributed by atoms with Crippen molar-refractivity contribution in [2.24, 2.45) is 11.1 Å². The normalized spacial score (nSPS) is 19.3. The first-order chi connectivity index (χ1) is 9.66. The van der Waals surface area contributed by atoms with Gasteiger partial charge in [-0.05, 0) is 37.9 Å². The molecule has 1 aromatic carbocycles. The fourth-order valence-corrected chi connectivity index (χ4v) is 3.14. The number of amides is 1. The molecule has 110 valence electrons. The molecule has 0 radical (unpaired) electrons. The average Bonchev–Trinajstić information content (AvgIpc) is 2.48. The van der Waals surface area contributed by atoms with E-state index in [2.05, 4.69) is 22.8 Å². The molecule has 0 spiro atoms. The number of benzene rings is 1. The molecule has 1 saturated heterocycles. The number of carbonyl (C=O) groups excluding carboxylic acids is 1. The minimum atomic E-state index is 0.00671. The summed E-state index contributed by atoms with van der Waals surface area (Å²) in [6.07, 6.45) is 2.88. The van der Waals surface area contributed by atoms with Crippen LogP contribution in [0.5, 0.6) is 0 Å². The summed E-state index contributed by atoms with van der Waals surface area (Å²) in [4.78, 5) is 11.6. The van der Waals surface area contributed by atoms with Gasteiger partial charge in [-0.25, -0.2) is 0 Å². The molecule has 1 atom stereocenters. The van der Waals surface area contributed by atoms with Gasteiger partial charge in [-0.3, -0.25) is 4.79 Å². The van der Waals surface area contributed by atoms with Crippen molar-refractivity contribution in [3.05, 3.63) is 35.9 Å². The standard InChI is InChI=1S/C16H25N3O/c1-13(20)19-15(11-14-5-3-2-4-6-14)16(12-17)7-9-18-10-8-16/h2-6,15,18H,7-12,17H2,1H3,(H,19,20). The van der Waals surface area contributed by atoms with Gasteiger partial charge in [-0.1, -0.05) is 30.3 Å². The van der Waals surface area contributed by atoms with Crippen LogP contribution in [0, 0.1) is 5.41 Å². The summed E-state index contributed by atoms with van der Waals surface area (Å²) in [5.41, 5.74) is 7.34. The third-order valence-electron chi connectivity index (χ3n) is 4.41. The zero-order valence-electron chi connectivity index (χ0n) is 12.2. The minimum Gasteiger partial charge on any atom is -0.353 e. The highest BCUT2D eigenvalue weighted by Crippen LogP contribution is 2.33. The summed E-state index contributed by atoms with van der Waals surface area (Å²) < 4.78 is 0. The number of nitrogens with one attached hydrogen (secondary N) is 2. The lowest BCUT2D eigenvalue weighted by Gasteiger charge is -2.43. The van der Waals surface area contributed by atoms with Crippen LogP contribution in [0.2, 0.25) is 0 Å². The van der Waals surface area contributed by atoms with E-state index in [0.29, 0.717) is 6.54 Å². The number of piperidine rings is 1. The molecule has 4 N–H and O–H groups in total. The van der Waals surface area contributed by atoms with E-state index in [4.69, 9.17) is 5.73 Å². The Hall–Kier alpha value is -1.39. The second kappa shape index (κ2) is 6.86. The van der Waals surface area contributed by atoms with E-state index in [1.54, 1.807) is 6.92 Å². The molecule has 0 bridgehead atoms. The van der Waals surface area contributed by atoms with Crippen molar-refractivity contribution in [1.29, 1.82) is 0 Å². The predicted octanol–water partition coefficient (Wildman–Crippen LogP) is 1.06. The Morgan fingerprint density at radius 3 is 2.55 bits per heavy atom. The van der Waals surface area contributed by atoms with Crippen molar-refractivity contribution in [3.8, 4) is 0 Å². The summed E-state index contributed by atoms with van der Waals surface area (Å²) in [6.45, 7) is 4.15. The van der Waals surface area contributed by atoms with Gasteiger partial charge in [0.15, 0.2) is 0 Å². The molecule has 1 aliphatic heterocycles. The highest BCUT2D eigenvalue weighted by Gasteiger charge is 2.39. The maximum Gasteiger partial charge on any atom is 0.217 e. The van der Waals surface area contributed by atoms with E-state index in [1.165, 1.54) is 5.56 Å². The van der Waals surface area contributed by atoms with Crippen LogP contribution in [-0.4, -0.2) is 31.6 Å². The Kier molecular flexibility index (Phi) is 5.15. The maximum atomic E-state index is 11.6. The molecule has 0 saturated carbocycles. The monoisotopic (exact) mass is 275 g/mol. The largest absolute Gasteiger partial charge is 0.353 e. The van der Waals surface area contributed by atoms with Crippen LogP contribution in [0.15, 0.2) is 30.3 Å². The van der Waals surface area contributed by atoms with Crippen LogP contribution in [0.3, 0.4) is 0 Å². The third kappa shape index (κ3) is 3.58. The lowest BCUT2D eigenvalue weighted by molar-refractivity contribution is -0.120. The molecule has 4 heteroatoms. The summed E-state index contributed by atoms with van der Waals surface area (Å²) in [7, 11) is 0. The van der Waals surface area contributed by atoms with Crippen LogP contribution in [0.1, 0.15) is 25.3 Å². The second-order valence-corrected chi connectivity index (χ2v) is 5.76. The zero-order valence-corrected chi connectivity index (χ0v) is 12.2. The molecule has 1 fully saturated rings. The summed E-state index contributed by atoms with van der Waals surface area (Å²) >= 11 is 0. The lowest BCUT2D eigenvalue weighted by Crippen LogP contribution is -2.56. The molecule has 0 aliphatic carbocycles. The molecular formula is C16H25N3O. The Morgan fingerprint density at radius 1 is 1.35 bits per heavy atom. The quantitative estimate of drug-likeness (QED) is 0.753. The first kappa shape index (κ1) is 15.0. The van der Waals surface area contributed by atoms with E-state index in [-0.39, 0.29) is 17.4 Å². The van der Waals surface area contributed by atoms with Crippen molar-refractivity contribution >= 4 is 5.91 Å². The van der Waals surface area contributed by atoms with Crippen molar-refractivity contribution in [2.75, 3.05) is 19.6 Å². The van der Waals surface area contributed by atoms with Crippen molar-refractivity contribution < 1.29 is 4.79 Å². The van der Waals surface area contributed by atoms with Crippen LogP contribution in [0.4, 0.5) is 0 Å². The number of rotatable bonds is 5. The summed E-state index contributed by atoms with van der Waals surface area (Å²) in [5, 5.41) is 6.52. The van der Waals surface area contributed by atoms with E-state index in [9.17, 15) is 4.79 Å². The lowest BCUT2D eigenvalue weighted by atomic mass is 9.71. The van der Waals surface area contributed by atoms with Gasteiger partial charge < -0.3 is 16.4 Å². The molecule has 1 aromatic rings. The smallest absolute Gasteiger partial charge is 0.217 e. The van der Waals surface area contributed by atoms with Crippen LogP contribution in [-0.2, 0) is 11.2 Å². The van der Waals surface area contributed by atoms with Gasteiger partial charge in [0.2, 0.25) is 5.91 Å². The van der Waals surface area contributed by atoms with Crippen molar-refractivity contribution in [1.82, 2.24) is 10.6 Å². The number of nitrogens with two attached hydrogens (primary N) is 1. The van der Waals surface area contributed by atoms with E-state index in [1.807, 2.05) is 18.2 Å². The Labute approximate surface area is 121 Å². The molecular weight excluding hydrogens is 250 g/mol. The Morgan fingerprint density at radius 2 is 2.00 bits per heavy atom. The second-order valence-electron chi connectivity index (χ2n) is 5.76. The highest BCUT2D eigenvalue weighted by atomic mass is 16.1. The minimum absolute atomic E-state index is 0.00671. The summed E-state index contributed by atoms with van der Waals surface area (Å²) in [6, 6.07) is 10.4. The molecule has 1 aliphatic rings. The molecule has 1 unspecified atom stereocenters. The topological polar surface area (TPSA) is 67.2 Å². The van der Waals surface area contributed by atoms with Crippen LogP contribution in [0.25, 0.3) is 0 Å². The number of hydrogen-bond donors (Lipinski definition) is 3. The van der Waals surface area contributed by atoms with Crippen LogP contribution < -0.4 is 16.4 Å². The van der Waals surface area contributed by atoms with Gasteiger partial charge in [0, 0.05) is 24.9 Å². The van der Waals surface area contributed by atoms with Gasteiger partial charge in [-0.15, -0.1) is 0 Å². The van der Waals surface area contributed by atoms with E-state index >= 15 is 0 Å². The molecule has 1 heterocycles. The first-order valence-electron chi connectivity index (χ1n) is 7.38. The van der Waals surface area contributed by atoms with Gasteiger partial charge in [0.05, 0.1) is 0 Å². The van der Waals surface area contributed by atoms with Gasteiger partial charge in [-0.2, -0.15) is 0 Å². The fraction of sp³-hybridized carbons (Fsp3) is 0.562. The van der Waals surface area contributed by atoms with Gasteiger partial charge in [0.1, 0.15) is 0 Å². The first-order valence-corrected chi connectivity index (χ1v) is 7.38. The SMILES string of the molecule is CC(=O)NC(Cc1ccccc1)C1(CN)CCNCC1. The molecule has 0 aromatic heterocycles. The summed E-state index contributed by atoms with van der Waals surface area (Å²) in [5.74, 6) is 0.0253. The highest BCUT2D eigenvalue weighted by molar-refractivity contribution is 5.73.